The van der Waals surface area contributed by atoms with Gasteiger partial charge in [0.15, 0.2) is 0 Å². The van der Waals surface area contributed by atoms with Crippen molar-refractivity contribution in [1.82, 2.24) is 5.32 Å². The number of carboxylic acids is 1. The third-order valence-corrected chi connectivity index (χ3v) is 11.1. The molecule has 0 aromatic carbocycles. The first kappa shape index (κ1) is 60.3. The molecule has 0 aromatic heterocycles. The monoisotopic (exact) mass is 889 g/mol. The molecule has 7 heteroatoms. The molecule has 2 unspecified atom stereocenters. The van der Waals surface area contributed by atoms with Gasteiger partial charge in [-0.15, -0.1) is 0 Å². The zero-order valence-corrected chi connectivity index (χ0v) is 41.1. The first-order chi connectivity index (χ1) is 31.4. The van der Waals surface area contributed by atoms with Crippen LogP contribution in [0.5, 0.6) is 0 Å². The summed E-state index contributed by atoms with van der Waals surface area (Å²) >= 11 is 0. The SMILES string of the molecule is CC/C=C\C/C=C\C/C=C\C/C=C\C/C=C\C/C=C\C/C=C\CCCC(=O)OC(CCCCC/C=C\CCCCCCCCCC)CCCCCCCC(=O)NC(CCCN)C(=O)O. The predicted molar refractivity (Wildman–Crippen MR) is 275 cm³/mol. The number of hydrogen-bond acceptors (Lipinski definition) is 5. The van der Waals surface area contributed by atoms with Gasteiger partial charge in [-0.1, -0.05) is 182 Å². The number of carboxylic acid groups (broad SMARTS) is 1. The maximum atomic E-state index is 12.9. The quantitative estimate of drug-likeness (QED) is 0.0318. The number of unbranched alkanes of at least 4 members (excludes halogenated alkanes) is 16. The van der Waals surface area contributed by atoms with Crippen LogP contribution in [-0.4, -0.2) is 41.6 Å². The number of carbonyl (C=O) groups excluding carboxylic acids is 2. The molecular formula is C57H96N2O5. The maximum absolute atomic E-state index is 12.9. The normalized spacial score (nSPS) is 13.4. The van der Waals surface area contributed by atoms with Crippen molar-refractivity contribution in [3.05, 3.63) is 97.2 Å². The fourth-order valence-electron chi connectivity index (χ4n) is 7.26. The summed E-state index contributed by atoms with van der Waals surface area (Å²) < 4.78 is 6.05. The fourth-order valence-corrected chi connectivity index (χ4v) is 7.26. The van der Waals surface area contributed by atoms with Crippen molar-refractivity contribution >= 4 is 17.8 Å². The van der Waals surface area contributed by atoms with Crippen molar-refractivity contribution in [1.29, 1.82) is 0 Å². The number of carbonyl (C=O) groups is 3. The topological polar surface area (TPSA) is 119 Å². The van der Waals surface area contributed by atoms with Crippen LogP contribution < -0.4 is 11.1 Å². The second-order valence-electron chi connectivity index (χ2n) is 17.2. The minimum absolute atomic E-state index is 0.0408. The Kier molecular flexibility index (Phi) is 47.4. The Bertz CT molecular complexity index is 1320. The molecule has 2 atom stereocenters. The van der Waals surface area contributed by atoms with Gasteiger partial charge in [0.2, 0.25) is 5.91 Å². The summed E-state index contributed by atoms with van der Waals surface area (Å²) in [5, 5.41) is 12.0. The average Bonchev–Trinajstić information content (AvgIpc) is 3.28. The van der Waals surface area contributed by atoms with Crippen LogP contribution >= 0.6 is 0 Å². The van der Waals surface area contributed by atoms with Gasteiger partial charge in [-0.05, 0) is 135 Å². The Hall–Kier alpha value is -3.71. The summed E-state index contributed by atoms with van der Waals surface area (Å²) in [4.78, 5) is 36.6. The van der Waals surface area contributed by atoms with Gasteiger partial charge >= 0.3 is 11.9 Å². The molecule has 0 saturated carbocycles. The highest BCUT2D eigenvalue weighted by molar-refractivity contribution is 5.83. The summed E-state index contributed by atoms with van der Waals surface area (Å²) in [7, 11) is 0. The van der Waals surface area contributed by atoms with Gasteiger partial charge in [-0.25, -0.2) is 4.79 Å². The Balaban J connectivity index is 4.45. The number of hydrogen-bond donors (Lipinski definition) is 3. The molecule has 0 aliphatic heterocycles. The number of nitrogens with one attached hydrogen (secondary N) is 1. The molecule has 0 fully saturated rings. The maximum Gasteiger partial charge on any atom is 0.326 e. The average molecular weight is 889 g/mol. The van der Waals surface area contributed by atoms with Crippen molar-refractivity contribution in [2.45, 2.75) is 238 Å². The van der Waals surface area contributed by atoms with Crippen LogP contribution in [0.25, 0.3) is 0 Å². The molecule has 0 bridgehead atoms. The van der Waals surface area contributed by atoms with E-state index in [2.05, 4.69) is 116 Å². The highest BCUT2D eigenvalue weighted by Crippen LogP contribution is 2.18. The molecule has 0 aliphatic carbocycles. The number of ether oxygens (including phenoxy) is 1. The van der Waals surface area contributed by atoms with Crippen LogP contribution in [0.2, 0.25) is 0 Å². The number of esters is 1. The summed E-state index contributed by atoms with van der Waals surface area (Å²) in [6.45, 7) is 4.83. The zero-order valence-electron chi connectivity index (χ0n) is 41.1. The molecule has 0 spiro atoms. The molecule has 64 heavy (non-hydrogen) atoms. The Morgan fingerprint density at radius 3 is 1.36 bits per heavy atom. The number of amides is 1. The molecule has 0 rings (SSSR count). The summed E-state index contributed by atoms with van der Waals surface area (Å²) in [6.07, 6.45) is 68.9. The molecule has 0 aliphatic rings. The molecule has 4 N–H and O–H groups in total. The van der Waals surface area contributed by atoms with Crippen molar-refractivity contribution in [3.8, 4) is 0 Å². The smallest absolute Gasteiger partial charge is 0.326 e. The van der Waals surface area contributed by atoms with Crippen LogP contribution in [0.15, 0.2) is 97.2 Å². The lowest BCUT2D eigenvalue weighted by Gasteiger charge is -2.18. The molecule has 0 saturated heterocycles. The first-order valence-corrected chi connectivity index (χ1v) is 26.1. The van der Waals surface area contributed by atoms with E-state index in [1.165, 1.54) is 64.2 Å². The zero-order chi connectivity index (χ0) is 46.7. The van der Waals surface area contributed by atoms with E-state index in [0.717, 1.165) is 122 Å². The second-order valence-corrected chi connectivity index (χ2v) is 17.2. The fraction of sp³-hybridized carbons (Fsp3) is 0.667. The van der Waals surface area contributed by atoms with Crippen molar-refractivity contribution in [2.75, 3.05) is 6.54 Å². The van der Waals surface area contributed by atoms with Gasteiger partial charge in [-0.3, -0.25) is 9.59 Å². The molecular weight excluding hydrogens is 793 g/mol. The van der Waals surface area contributed by atoms with Gasteiger partial charge in [-0.2, -0.15) is 0 Å². The highest BCUT2D eigenvalue weighted by Gasteiger charge is 2.19. The number of nitrogens with two attached hydrogens (primary N) is 1. The van der Waals surface area contributed by atoms with E-state index in [1.807, 2.05) is 0 Å². The molecule has 0 heterocycles. The summed E-state index contributed by atoms with van der Waals surface area (Å²) in [5.74, 6) is -1.31. The lowest BCUT2D eigenvalue weighted by molar-refractivity contribution is -0.150. The minimum atomic E-state index is -1.01. The van der Waals surface area contributed by atoms with Gasteiger partial charge in [0.05, 0.1) is 0 Å². The minimum Gasteiger partial charge on any atom is -0.480 e. The van der Waals surface area contributed by atoms with Crippen molar-refractivity contribution in [3.63, 3.8) is 0 Å². The first-order valence-electron chi connectivity index (χ1n) is 26.1. The Labute approximate surface area is 393 Å². The standard InChI is InChI=1S/C57H96N2O5/c1-3-5-7-9-11-13-15-17-19-20-21-22-23-24-25-26-28-30-32-34-36-41-45-51-56(61)64-53(47-42-38-35-33-31-29-27-18-16-14-12-10-8-6-4-2)48-43-39-37-40-44-50-55(60)59-54(57(62)63)49-46-52-58/h5,7,11,13,17,19,21-22,24-25,28-31,34,36,53-54H,3-4,6,8-10,12,14-16,18,20,23,26-27,32-33,35,37-52,58H2,1-2H3,(H,59,60)(H,62,63)/b7-5-,13-11-,19-17-,22-21-,25-24-,30-28-,31-29-,36-34-. The van der Waals surface area contributed by atoms with E-state index in [4.69, 9.17) is 10.5 Å². The third kappa shape index (κ3) is 46.3. The third-order valence-electron chi connectivity index (χ3n) is 11.1. The largest absolute Gasteiger partial charge is 0.480 e. The van der Waals surface area contributed by atoms with Gasteiger partial charge in [0.1, 0.15) is 12.1 Å². The predicted octanol–water partition coefficient (Wildman–Crippen LogP) is 15.8. The number of rotatable bonds is 46. The Morgan fingerprint density at radius 2 is 0.875 bits per heavy atom. The summed E-state index contributed by atoms with van der Waals surface area (Å²) in [6, 6.07) is -0.868. The lowest BCUT2D eigenvalue weighted by atomic mass is 10.0. The Morgan fingerprint density at radius 1 is 0.469 bits per heavy atom. The molecule has 0 radical (unpaired) electrons. The van der Waals surface area contributed by atoms with Gasteiger partial charge < -0.3 is 20.9 Å². The molecule has 364 valence electrons. The van der Waals surface area contributed by atoms with Crippen molar-refractivity contribution in [2.24, 2.45) is 5.73 Å². The van der Waals surface area contributed by atoms with Gasteiger partial charge in [0.25, 0.3) is 0 Å². The van der Waals surface area contributed by atoms with E-state index in [1.54, 1.807) is 0 Å². The second kappa shape index (κ2) is 50.3. The number of allylic oxidation sites excluding steroid dienone is 16. The van der Waals surface area contributed by atoms with E-state index in [-0.39, 0.29) is 18.0 Å². The van der Waals surface area contributed by atoms with Gasteiger partial charge in [0, 0.05) is 12.8 Å². The highest BCUT2D eigenvalue weighted by atomic mass is 16.5. The molecule has 1 amide bonds. The van der Waals surface area contributed by atoms with Crippen LogP contribution in [0.4, 0.5) is 0 Å². The van der Waals surface area contributed by atoms with Crippen LogP contribution in [-0.2, 0) is 19.1 Å². The van der Waals surface area contributed by atoms with Crippen LogP contribution in [0.1, 0.15) is 226 Å². The van der Waals surface area contributed by atoms with E-state index in [0.29, 0.717) is 32.2 Å². The molecule has 7 nitrogen and oxygen atoms in total. The number of aliphatic carboxylic acids is 1. The van der Waals surface area contributed by atoms with Crippen LogP contribution in [0.3, 0.4) is 0 Å². The van der Waals surface area contributed by atoms with E-state index < -0.39 is 12.0 Å². The van der Waals surface area contributed by atoms with Crippen molar-refractivity contribution < 1.29 is 24.2 Å². The summed E-state index contributed by atoms with van der Waals surface area (Å²) in [5.41, 5.74) is 5.50. The van der Waals surface area contributed by atoms with E-state index >= 15 is 0 Å². The van der Waals surface area contributed by atoms with Crippen LogP contribution in [0, 0.1) is 0 Å². The lowest BCUT2D eigenvalue weighted by Crippen LogP contribution is -2.40. The molecule has 0 aromatic rings. The van der Waals surface area contributed by atoms with E-state index in [9.17, 15) is 19.5 Å².